The second kappa shape index (κ2) is 4.77. The summed E-state index contributed by atoms with van der Waals surface area (Å²) in [6, 6.07) is 0. The van der Waals surface area contributed by atoms with Crippen LogP contribution < -0.4 is 10.7 Å². The summed E-state index contributed by atoms with van der Waals surface area (Å²) in [5.74, 6) is 1.56. The van der Waals surface area contributed by atoms with Crippen molar-refractivity contribution in [1.29, 1.82) is 0 Å². The molecule has 2 N–H and O–H groups in total. The number of nitrogens with one attached hydrogen (secondary N) is 2. The second-order valence-corrected chi connectivity index (χ2v) is 5.88. The van der Waals surface area contributed by atoms with E-state index in [1.54, 1.807) is 0 Å². The minimum atomic E-state index is 0.457. The maximum atomic E-state index is 5.05. The minimum Gasteiger partial charge on any atom is -0.362 e. The predicted octanol–water partition coefficient (Wildman–Crippen LogP) is 2.45. The van der Waals surface area contributed by atoms with Crippen LogP contribution in [0.2, 0.25) is 0 Å². The molecular formula is C13H21N3S. The minimum absolute atomic E-state index is 0.457. The number of allylic oxidation sites excluding steroid dienone is 2. The molecule has 3 rings (SSSR count). The zero-order valence-corrected chi connectivity index (χ0v) is 11.6. The zero-order valence-electron chi connectivity index (χ0n) is 10.8. The van der Waals surface area contributed by atoms with Gasteiger partial charge in [-0.1, -0.05) is 19.9 Å². The molecule has 0 saturated heterocycles. The summed E-state index contributed by atoms with van der Waals surface area (Å²) in [5, 5.41) is 7.80. The summed E-state index contributed by atoms with van der Waals surface area (Å²) in [5.41, 5.74) is 4.67. The molecule has 3 aliphatic rings. The number of hydrazone groups is 1. The van der Waals surface area contributed by atoms with Crippen LogP contribution in [0.15, 0.2) is 16.8 Å². The van der Waals surface area contributed by atoms with Crippen LogP contribution in [-0.2, 0) is 0 Å². The standard InChI is InChI=1S/C13H21N3S/c1-4-14-12(17)16-15-8-9-5-6-10-7-11(9)13(10,2)3/h5,8,10-11H,4,6-7H2,1-3H3,(H2,14,16,17)/b15-8-/t10-,11-/m0/s1. The molecule has 17 heavy (non-hydrogen) atoms. The molecule has 4 heteroatoms. The van der Waals surface area contributed by atoms with Crippen LogP contribution in [0.5, 0.6) is 0 Å². The third-order valence-corrected chi connectivity index (χ3v) is 4.46. The van der Waals surface area contributed by atoms with E-state index in [1.165, 1.54) is 18.4 Å². The Hall–Kier alpha value is -0.900. The first kappa shape index (κ1) is 12.6. The fourth-order valence-corrected chi connectivity index (χ4v) is 3.11. The van der Waals surface area contributed by atoms with Gasteiger partial charge in [0.2, 0.25) is 0 Å². The quantitative estimate of drug-likeness (QED) is 0.459. The van der Waals surface area contributed by atoms with E-state index in [4.69, 9.17) is 12.2 Å². The van der Waals surface area contributed by atoms with Gasteiger partial charge in [0.05, 0.1) is 6.21 Å². The van der Waals surface area contributed by atoms with Crippen molar-refractivity contribution < 1.29 is 0 Å². The van der Waals surface area contributed by atoms with Gasteiger partial charge >= 0.3 is 0 Å². The van der Waals surface area contributed by atoms with Crippen molar-refractivity contribution >= 4 is 23.5 Å². The highest BCUT2D eigenvalue weighted by atomic mass is 32.1. The van der Waals surface area contributed by atoms with Gasteiger partial charge in [0.1, 0.15) is 0 Å². The fraction of sp³-hybridized carbons (Fsp3) is 0.692. The van der Waals surface area contributed by atoms with E-state index in [0.717, 1.165) is 12.5 Å². The Bertz CT molecular complexity index is 371. The van der Waals surface area contributed by atoms with E-state index >= 15 is 0 Å². The van der Waals surface area contributed by atoms with Crippen molar-refractivity contribution in [3.05, 3.63) is 11.6 Å². The van der Waals surface area contributed by atoms with Crippen LogP contribution in [0.25, 0.3) is 0 Å². The Morgan fingerprint density at radius 3 is 3.00 bits per heavy atom. The van der Waals surface area contributed by atoms with Gasteiger partial charge in [-0.15, -0.1) is 0 Å². The Labute approximate surface area is 109 Å². The zero-order chi connectivity index (χ0) is 12.5. The third-order valence-electron chi connectivity index (χ3n) is 4.23. The van der Waals surface area contributed by atoms with Crippen molar-refractivity contribution in [2.75, 3.05) is 6.54 Å². The van der Waals surface area contributed by atoms with E-state index in [0.29, 0.717) is 16.4 Å². The van der Waals surface area contributed by atoms with Gasteiger partial charge in [-0.3, -0.25) is 5.43 Å². The highest BCUT2D eigenvalue weighted by molar-refractivity contribution is 7.80. The molecule has 0 unspecified atom stereocenters. The summed E-state index contributed by atoms with van der Waals surface area (Å²) >= 11 is 5.05. The Morgan fingerprint density at radius 2 is 2.41 bits per heavy atom. The highest BCUT2D eigenvalue weighted by Crippen LogP contribution is 2.58. The molecule has 2 atom stereocenters. The summed E-state index contributed by atoms with van der Waals surface area (Å²) in [6.07, 6.45) is 6.78. The maximum absolute atomic E-state index is 5.05. The van der Waals surface area contributed by atoms with Gasteiger partial charge in [0.25, 0.3) is 0 Å². The van der Waals surface area contributed by atoms with Crippen molar-refractivity contribution in [3.8, 4) is 0 Å². The monoisotopic (exact) mass is 251 g/mol. The average Bonchev–Trinajstić information content (AvgIpc) is 2.29. The van der Waals surface area contributed by atoms with E-state index in [9.17, 15) is 0 Å². The van der Waals surface area contributed by atoms with E-state index in [-0.39, 0.29) is 0 Å². The van der Waals surface area contributed by atoms with Crippen molar-refractivity contribution in [2.45, 2.75) is 33.6 Å². The molecule has 1 saturated carbocycles. The van der Waals surface area contributed by atoms with Gasteiger partial charge in [0, 0.05) is 6.54 Å². The molecular weight excluding hydrogens is 230 g/mol. The van der Waals surface area contributed by atoms with Crippen LogP contribution >= 0.6 is 12.2 Å². The molecule has 0 aromatic carbocycles. The summed E-state index contributed by atoms with van der Waals surface area (Å²) in [6.45, 7) is 7.56. The number of rotatable bonds is 3. The van der Waals surface area contributed by atoms with E-state index < -0.39 is 0 Å². The average molecular weight is 251 g/mol. The normalized spacial score (nSPS) is 29.5. The largest absolute Gasteiger partial charge is 0.362 e. The lowest BCUT2D eigenvalue weighted by Gasteiger charge is -2.55. The number of nitrogens with zero attached hydrogens (tertiary/aromatic N) is 1. The third kappa shape index (κ3) is 2.37. The van der Waals surface area contributed by atoms with E-state index in [1.807, 2.05) is 13.1 Å². The first-order valence-corrected chi connectivity index (χ1v) is 6.73. The molecule has 0 aromatic rings. The van der Waals surface area contributed by atoms with Crippen molar-refractivity contribution in [2.24, 2.45) is 22.4 Å². The Balaban J connectivity index is 1.90. The van der Waals surface area contributed by atoms with Gasteiger partial charge in [-0.25, -0.2) is 0 Å². The maximum Gasteiger partial charge on any atom is 0.186 e. The first-order chi connectivity index (χ1) is 8.05. The van der Waals surface area contributed by atoms with Crippen molar-refractivity contribution in [3.63, 3.8) is 0 Å². The second-order valence-electron chi connectivity index (χ2n) is 5.48. The molecule has 0 spiro atoms. The lowest BCUT2D eigenvalue weighted by atomic mass is 9.49. The van der Waals surface area contributed by atoms with Crippen LogP contribution in [0.3, 0.4) is 0 Å². The van der Waals surface area contributed by atoms with E-state index in [2.05, 4.69) is 35.8 Å². The summed E-state index contributed by atoms with van der Waals surface area (Å²) in [4.78, 5) is 0. The van der Waals surface area contributed by atoms with Gasteiger partial charge in [-0.2, -0.15) is 5.10 Å². The van der Waals surface area contributed by atoms with Crippen LogP contribution in [-0.4, -0.2) is 17.9 Å². The molecule has 2 bridgehead atoms. The van der Waals surface area contributed by atoms with Gasteiger partial charge in [0.15, 0.2) is 5.11 Å². The highest BCUT2D eigenvalue weighted by Gasteiger charge is 2.50. The molecule has 94 valence electrons. The summed E-state index contributed by atoms with van der Waals surface area (Å²) < 4.78 is 0. The van der Waals surface area contributed by atoms with Gasteiger partial charge in [-0.05, 0) is 54.8 Å². The number of hydrogen-bond acceptors (Lipinski definition) is 2. The fourth-order valence-electron chi connectivity index (χ4n) is 2.91. The molecule has 0 radical (unpaired) electrons. The van der Waals surface area contributed by atoms with Crippen LogP contribution in [0.4, 0.5) is 0 Å². The van der Waals surface area contributed by atoms with Crippen LogP contribution in [0.1, 0.15) is 33.6 Å². The molecule has 3 aliphatic carbocycles. The molecule has 0 aromatic heterocycles. The number of hydrogen-bond donors (Lipinski definition) is 2. The van der Waals surface area contributed by atoms with Gasteiger partial charge < -0.3 is 5.32 Å². The molecule has 0 heterocycles. The smallest absolute Gasteiger partial charge is 0.186 e. The Morgan fingerprint density at radius 1 is 1.65 bits per heavy atom. The molecule has 0 aliphatic heterocycles. The first-order valence-electron chi connectivity index (χ1n) is 6.32. The SMILES string of the molecule is CCNC(=S)N/N=C\C1=CC[C@H]2C[C@@H]1C2(C)C. The topological polar surface area (TPSA) is 36.4 Å². The molecule has 3 nitrogen and oxygen atoms in total. The predicted molar refractivity (Wildman–Crippen MR) is 76.0 cm³/mol. The lowest BCUT2D eigenvalue weighted by molar-refractivity contribution is -0.00126. The Kier molecular flexibility index (Phi) is 3.52. The number of thiocarbonyl (C=S) groups is 1. The van der Waals surface area contributed by atoms with Crippen molar-refractivity contribution in [1.82, 2.24) is 10.7 Å². The number of fused-ring (bicyclic) bond motifs is 1. The van der Waals surface area contributed by atoms with Crippen LogP contribution in [0, 0.1) is 17.3 Å². The lowest BCUT2D eigenvalue weighted by Crippen LogP contribution is -2.48. The molecule has 0 amide bonds. The summed E-state index contributed by atoms with van der Waals surface area (Å²) in [7, 11) is 0. The molecule has 1 fully saturated rings.